The van der Waals surface area contributed by atoms with Crippen molar-refractivity contribution < 1.29 is 9.59 Å². The molecule has 8 heteroatoms. The van der Waals surface area contributed by atoms with E-state index < -0.39 is 0 Å². The normalized spacial score (nSPS) is 13.6. The summed E-state index contributed by atoms with van der Waals surface area (Å²) in [6.07, 6.45) is 1.86. The third kappa shape index (κ3) is 4.22. The van der Waals surface area contributed by atoms with Crippen LogP contribution in [0.2, 0.25) is 0 Å². The molecule has 0 unspecified atom stereocenters. The van der Waals surface area contributed by atoms with Crippen LogP contribution in [0.1, 0.15) is 42.2 Å². The van der Waals surface area contributed by atoms with E-state index in [9.17, 15) is 14.4 Å². The molecule has 0 radical (unpaired) electrons. The van der Waals surface area contributed by atoms with Crippen LogP contribution in [-0.4, -0.2) is 32.7 Å². The average molecular weight is 410 g/mol. The van der Waals surface area contributed by atoms with E-state index >= 15 is 0 Å². The smallest absolute Gasteiger partial charge is 0.264 e. The van der Waals surface area contributed by atoms with Gasteiger partial charge in [-0.1, -0.05) is 12.1 Å². The Morgan fingerprint density at radius 3 is 2.72 bits per heavy atom. The van der Waals surface area contributed by atoms with Gasteiger partial charge in [0.15, 0.2) is 0 Å². The SMILES string of the molecule is CC(C)N(Cc1nc2ccccc2c(=O)[nH]1)C(=O)c1ccc(NC(=O)C2CC2)s1. The first-order valence-corrected chi connectivity index (χ1v) is 10.4. The second-order valence-corrected chi connectivity index (χ2v) is 8.57. The molecule has 7 nitrogen and oxygen atoms in total. The maximum Gasteiger partial charge on any atom is 0.264 e. The summed E-state index contributed by atoms with van der Waals surface area (Å²) in [5.41, 5.74) is 0.381. The molecule has 4 rings (SSSR count). The number of anilines is 1. The van der Waals surface area contributed by atoms with Crippen LogP contribution in [0.25, 0.3) is 10.9 Å². The Labute approximate surface area is 171 Å². The first-order chi connectivity index (χ1) is 13.9. The lowest BCUT2D eigenvalue weighted by Gasteiger charge is -2.25. The van der Waals surface area contributed by atoms with Crippen molar-refractivity contribution in [3.8, 4) is 0 Å². The Bertz CT molecular complexity index is 1130. The third-order valence-electron chi connectivity index (χ3n) is 4.88. The highest BCUT2D eigenvalue weighted by Gasteiger charge is 2.30. The summed E-state index contributed by atoms with van der Waals surface area (Å²) in [4.78, 5) is 46.8. The maximum absolute atomic E-state index is 13.1. The lowest BCUT2D eigenvalue weighted by molar-refractivity contribution is -0.117. The van der Waals surface area contributed by atoms with Crippen LogP contribution in [0.4, 0.5) is 5.00 Å². The highest BCUT2D eigenvalue weighted by Crippen LogP contribution is 2.32. The minimum atomic E-state index is -0.219. The molecule has 0 saturated heterocycles. The molecule has 0 atom stereocenters. The average Bonchev–Trinajstić information content (AvgIpc) is 3.45. The number of hydrogen-bond donors (Lipinski definition) is 2. The van der Waals surface area contributed by atoms with Crippen molar-refractivity contribution in [3.05, 3.63) is 57.5 Å². The van der Waals surface area contributed by atoms with Crippen molar-refractivity contribution >= 4 is 39.1 Å². The van der Waals surface area contributed by atoms with Gasteiger partial charge in [-0.05, 0) is 51.0 Å². The van der Waals surface area contributed by atoms with Crippen LogP contribution in [0, 0.1) is 5.92 Å². The summed E-state index contributed by atoms with van der Waals surface area (Å²) < 4.78 is 0. The highest BCUT2D eigenvalue weighted by atomic mass is 32.1. The number of carbonyl (C=O) groups excluding carboxylic acids is 2. The first kappa shape index (κ1) is 19.3. The van der Waals surface area contributed by atoms with Crippen LogP contribution in [0.15, 0.2) is 41.2 Å². The van der Waals surface area contributed by atoms with Crippen molar-refractivity contribution in [1.29, 1.82) is 0 Å². The van der Waals surface area contributed by atoms with Gasteiger partial charge in [0.2, 0.25) is 5.91 Å². The molecule has 1 aliphatic carbocycles. The number of aromatic nitrogens is 2. The monoisotopic (exact) mass is 410 g/mol. The number of H-pyrrole nitrogens is 1. The molecule has 0 spiro atoms. The zero-order valence-corrected chi connectivity index (χ0v) is 17.1. The van der Waals surface area contributed by atoms with E-state index in [0.717, 1.165) is 12.8 Å². The van der Waals surface area contributed by atoms with Gasteiger partial charge >= 0.3 is 0 Å². The minimum absolute atomic E-state index is 0.0181. The van der Waals surface area contributed by atoms with Crippen LogP contribution in [0.5, 0.6) is 0 Å². The van der Waals surface area contributed by atoms with Gasteiger partial charge in [-0.2, -0.15) is 0 Å². The number of benzene rings is 1. The van der Waals surface area contributed by atoms with E-state index in [0.29, 0.717) is 26.6 Å². The first-order valence-electron chi connectivity index (χ1n) is 9.62. The fourth-order valence-corrected chi connectivity index (χ4v) is 3.96. The quantitative estimate of drug-likeness (QED) is 0.651. The Balaban J connectivity index is 1.54. The van der Waals surface area contributed by atoms with Crippen LogP contribution in [0.3, 0.4) is 0 Å². The number of para-hydroxylation sites is 1. The van der Waals surface area contributed by atoms with Gasteiger partial charge in [0, 0.05) is 12.0 Å². The van der Waals surface area contributed by atoms with Crippen LogP contribution < -0.4 is 10.9 Å². The number of nitrogens with one attached hydrogen (secondary N) is 2. The van der Waals surface area contributed by atoms with Crippen LogP contribution in [-0.2, 0) is 11.3 Å². The molecule has 2 heterocycles. The van der Waals surface area contributed by atoms with E-state index in [1.807, 2.05) is 19.9 Å². The Morgan fingerprint density at radius 2 is 2.00 bits per heavy atom. The van der Waals surface area contributed by atoms with Crippen molar-refractivity contribution in [2.24, 2.45) is 5.92 Å². The summed E-state index contributed by atoms with van der Waals surface area (Å²) in [6.45, 7) is 4.03. The number of amides is 2. The summed E-state index contributed by atoms with van der Waals surface area (Å²) in [5.74, 6) is 0.408. The van der Waals surface area contributed by atoms with Gasteiger partial charge in [0.25, 0.3) is 11.5 Å². The molecule has 150 valence electrons. The Hall–Kier alpha value is -3.00. The predicted octanol–water partition coefficient (Wildman–Crippen LogP) is 3.38. The van der Waals surface area contributed by atoms with Gasteiger partial charge in [0.1, 0.15) is 5.82 Å². The molecule has 1 aromatic carbocycles. The van der Waals surface area contributed by atoms with Crippen molar-refractivity contribution in [2.75, 3.05) is 5.32 Å². The van der Waals surface area contributed by atoms with E-state index in [1.165, 1.54) is 11.3 Å². The van der Waals surface area contributed by atoms with Crippen molar-refractivity contribution in [3.63, 3.8) is 0 Å². The van der Waals surface area contributed by atoms with E-state index in [2.05, 4.69) is 15.3 Å². The molecule has 1 saturated carbocycles. The summed E-state index contributed by atoms with van der Waals surface area (Å²) in [6, 6.07) is 10.5. The Kier molecular flexibility index (Phi) is 5.19. The number of carbonyl (C=O) groups is 2. The number of hydrogen-bond acceptors (Lipinski definition) is 5. The maximum atomic E-state index is 13.1. The van der Waals surface area contributed by atoms with Gasteiger partial charge in [0.05, 0.1) is 27.3 Å². The molecule has 2 amide bonds. The van der Waals surface area contributed by atoms with Gasteiger partial charge in [-0.15, -0.1) is 11.3 Å². The number of rotatable bonds is 6. The summed E-state index contributed by atoms with van der Waals surface area (Å²) in [7, 11) is 0. The summed E-state index contributed by atoms with van der Waals surface area (Å²) in [5, 5.41) is 4.07. The van der Waals surface area contributed by atoms with Crippen molar-refractivity contribution in [2.45, 2.75) is 39.3 Å². The zero-order valence-electron chi connectivity index (χ0n) is 16.3. The van der Waals surface area contributed by atoms with Gasteiger partial charge in [-0.25, -0.2) is 4.98 Å². The Morgan fingerprint density at radius 1 is 1.24 bits per heavy atom. The molecule has 2 aromatic heterocycles. The van der Waals surface area contributed by atoms with E-state index in [-0.39, 0.29) is 35.9 Å². The number of nitrogens with zero attached hydrogens (tertiary/aromatic N) is 2. The molecule has 1 aliphatic rings. The number of fused-ring (bicyclic) bond motifs is 1. The summed E-state index contributed by atoms with van der Waals surface area (Å²) >= 11 is 1.26. The predicted molar refractivity (Wildman–Crippen MR) is 113 cm³/mol. The second kappa shape index (κ2) is 7.79. The molecular formula is C21H22N4O3S. The molecule has 3 aromatic rings. The van der Waals surface area contributed by atoms with Gasteiger partial charge in [-0.3, -0.25) is 14.4 Å². The molecule has 29 heavy (non-hydrogen) atoms. The zero-order chi connectivity index (χ0) is 20.5. The van der Waals surface area contributed by atoms with Crippen molar-refractivity contribution in [1.82, 2.24) is 14.9 Å². The largest absolute Gasteiger partial charge is 0.328 e. The molecule has 0 bridgehead atoms. The molecule has 0 aliphatic heterocycles. The number of thiophene rings is 1. The lowest BCUT2D eigenvalue weighted by Crippen LogP contribution is -2.37. The number of aromatic amines is 1. The standard InChI is InChI=1S/C21H22N4O3S/c1-12(2)25(11-17-22-15-6-4-3-5-14(15)20(27)23-17)21(28)16-9-10-18(29-16)24-19(26)13-7-8-13/h3-6,9-10,12-13H,7-8,11H2,1-2H3,(H,24,26)(H,22,23,27). The topological polar surface area (TPSA) is 95.2 Å². The van der Waals surface area contributed by atoms with E-state index in [1.54, 1.807) is 35.2 Å². The lowest BCUT2D eigenvalue weighted by atomic mass is 10.2. The van der Waals surface area contributed by atoms with E-state index in [4.69, 9.17) is 0 Å². The fourth-order valence-electron chi connectivity index (χ4n) is 3.09. The highest BCUT2D eigenvalue weighted by molar-refractivity contribution is 7.18. The second-order valence-electron chi connectivity index (χ2n) is 7.48. The molecular weight excluding hydrogens is 388 g/mol. The van der Waals surface area contributed by atoms with Crippen LogP contribution >= 0.6 is 11.3 Å². The third-order valence-corrected chi connectivity index (χ3v) is 5.87. The molecule has 1 fully saturated rings. The fraction of sp³-hybridized carbons (Fsp3) is 0.333. The minimum Gasteiger partial charge on any atom is -0.328 e. The molecule has 2 N–H and O–H groups in total. The van der Waals surface area contributed by atoms with Gasteiger partial charge < -0.3 is 15.2 Å².